The Morgan fingerprint density at radius 2 is 1.56 bits per heavy atom. The van der Waals surface area contributed by atoms with Crippen LogP contribution in [0, 0.1) is 0 Å². The van der Waals surface area contributed by atoms with Crippen LogP contribution in [0.25, 0.3) is 0 Å². The molecule has 1 aliphatic heterocycles. The topological polar surface area (TPSA) is 93.5 Å². The molecule has 8 nitrogen and oxygen atoms in total. The van der Waals surface area contributed by atoms with Gasteiger partial charge in [0.1, 0.15) is 11.6 Å². The van der Waals surface area contributed by atoms with E-state index >= 15 is 0 Å². The molecule has 0 saturated carbocycles. The molecular weight excluding hydrogens is 456 g/mol. The van der Waals surface area contributed by atoms with Gasteiger partial charge in [-0.15, -0.1) is 0 Å². The summed E-state index contributed by atoms with van der Waals surface area (Å²) in [4.78, 5) is 40.5. The Morgan fingerprint density at radius 3 is 2.14 bits per heavy atom. The molecule has 3 aromatic rings. The smallest absolute Gasteiger partial charge is 0.266 e. The normalized spacial score (nSPS) is 13.7. The lowest BCUT2D eigenvalue weighted by molar-refractivity contribution is 0.0925. The minimum atomic E-state index is -0.469. The molecule has 188 valence electrons. The zero-order valence-corrected chi connectivity index (χ0v) is 21.8. The lowest BCUT2D eigenvalue weighted by atomic mass is 9.92. The number of anilines is 2. The minimum Gasteiger partial charge on any atom is -0.494 e. The number of ether oxygens (including phenoxy) is 1. The van der Waals surface area contributed by atoms with Gasteiger partial charge in [0.05, 0.1) is 34.7 Å². The van der Waals surface area contributed by atoms with Crippen LogP contribution < -0.4 is 15.0 Å². The average Bonchev–Trinajstić information content (AvgIpc) is 3.34. The highest BCUT2D eigenvalue weighted by Gasteiger charge is 2.37. The number of imide groups is 1. The summed E-state index contributed by atoms with van der Waals surface area (Å²) >= 11 is 0. The van der Waals surface area contributed by atoms with Crippen molar-refractivity contribution >= 4 is 29.2 Å². The molecule has 36 heavy (non-hydrogen) atoms. The summed E-state index contributed by atoms with van der Waals surface area (Å²) in [5, 5.41) is 7.67. The summed E-state index contributed by atoms with van der Waals surface area (Å²) in [5.41, 5.74) is 1.49. The second-order valence-corrected chi connectivity index (χ2v) is 10.8. The van der Waals surface area contributed by atoms with Crippen molar-refractivity contribution < 1.29 is 19.1 Å². The van der Waals surface area contributed by atoms with Gasteiger partial charge in [-0.25, -0.2) is 9.58 Å². The third kappa shape index (κ3) is 4.63. The maximum Gasteiger partial charge on any atom is 0.266 e. The summed E-state index contributed by atoms with van der Waals surface area (Å²) in [6.07, 6.45) is 0. The number of aromatic nitrogens is 2. The molecule has 4 rings (SSSR count). The van der Waals surface area contributed by atoms with Gasteiger partial charge in [0.15, 0.2) is 0 Å². The molecule has 2 heterocycles. The minimum absolute atomic E-state index is 0.194. The van der Waals surface area contributed by atoms with Gasteiger partial charge in [0.25, 0.3) is 17.7 Å². The standard InChI is InChI=1S/C28H32N4O4/c1-8-36-19-12-10-18(11-13-19)31-25(34)20-14-9-17(15-21(20)26(31)35)24(33)29-23-16-22(27(2,3)4)30-32(23)28(5,6)7/h9-16H,8H2,1-7H3,(H,29,33). The molecule has 0 spiro atoms. The van der Waals surface area contributed by atoms with Crippen molar-refractivity contribution in [2.75, 3.05) is 16.8 Å². The van der Waals surface area contributed by atoms with E-state index < -0.39 is 11.8 Å². The Kier molecular flexibility index (Phi) is 6.24. The first kappa shape index (κ1) is 25.2. The molecule has 0 bridgehead atoms. The Morgan fingerprint density at radius 1 is 0.917 bits per heavy atom. The summed E-state index contributed by atoms with van der Waals surface area (Å²) in [7, 11) is 0. The number of carbonyl (C=O) groups excluding carboxylic acids is 3. The number of carbonyl (C=O) groups is 3. The predicted octanol–water partition coefficient (Wildman–Crippen LogP) is 5.39. The van der Waals surface area contributed by atoms with E-state index in [4.69, 9.17) is 9.84 Å². The first-order chi connectivity index (χ1) is 16.8. The highest BCUT2D eigenvalue weighted by Crippen LogP contribution is 2.31. The van der Waals surface area contributed by atoms with Crippen molar-refractivity contribution in [2.45, 2.75) is 59.4 Å². The number of benzene rings is 2. The maximum atomic E-state index is 13.2. The predicted molar refractivity (Wildman–Crippen MR) is 139 cm³/mol. The van der Waals surface area contributed by atoms with E-state index in [2.05, 4.69) is 26.1 Å². The van der Waals surface area contributed by atoms with Gasteiger partial charge in [-0.3, -0.25) is 14.4 Å². The number of hydrogen-bond donors (Lipinski definition) is 1. The van der Waals surface area contributed by atoms with Crippen molar-refractivity contribution in [3.05, 3.63) is 70.9 Å². The van der Waals surface area contributed by atoms with E-state index in [1.54, 1.807) is 35.0 Å². The average molecular weight is 489 g/mol. The fraction of sp³-hybridized carbons (Fsp3) is 0.357. The zero-order chi connectivity index (χ0) is 26.4. The number of nitrogens with zero attached hydrogens (tertiary/aromatic N) is 3. The number of rotatable bonds is 5. The van der Waals surface area contributed by atoms with E-state index in [0.29, 0.717) is 23.9 Å². The molecule has 0 aliphatic carbocycles. The quantitative estimate of drug-likeness (QED) is 0.486. The second kappa shape index (κ2) is 8.93. The van der Waals surface area contributed by atoms with Crippen LogP contribution in [0.2, 0.25) is 0 Å². The van der Waals surface area contributed by atoms with Crippen LogP contribution in [-0.4, -0.2) is 34.1 Å². The van der Waals surface area contributed by atoms with Gasteiger partial charge >= 0.3 is 0 Å². The van der Waals surface area contributed by atoms with Gasteiger partial charge in [-0.1, -0.05) is 20.8 Å². The summed E-state index contributed by atoms with van der Waals surface area (Å²) in [6.45, 7) is 14.6. The third-order valence-electron chi connectivity index (χ3n) is 5.91. The van der Waals surface area contributed by atoms with Crippen LogP contribution in [0.5, 0.6) is 5.75 Å². The molecule has 0 atom stereocenters. The van der Waals surface area contributed by atoms with Crippen LogP contribution in [0.3, 0.4) is 0 Å². The SMILES string of the molecule is CCOc1ccc(N2C(=O)c3ccc(C(=O)Nc4cc(C(C)(C)C)nn4C(C)(C)C)cc3C2=O)cc1. The van der Waals surface area contributed by atoms with Crippen molar-refractivity contribution in [3.8, 4) is 5.75 Å². The lowest BCUT2D eigenvalue weighted by Gasteiger charge is -2.23. The second-order valence-electron chi connectivity index (χ2n) is 10.8. The van der Waals surface area contributed by atoms with E-state index in [0.717, 1.165) is 10.6 Å². The van der Waals surface area contributed by atoms with Crippen molar-refractivity contribution in [1.29, 1.82) is 0 Å². The first-order valence-corrected chi connectivity index (χ1v) is 12.0. The highest BCUT2D eigenvalue weighted by atomic mass is 16.5. The Labute approximate surface area is 211 Å². The van der Waals surface area contributed by atoms with Crippen LogP contribution in [0.15, 0.2) is 48.5 Å². The first-order valence-electron chi connectivity index (χ1n) is 12.0. The molecule has 1 N–H and O–H groups in total. The molecule has 0 unspecified atom stereocenters. The summed E-state index contributed by atoms with van der Waals surface area (Å²) < 4.78 is 7.23. The number of fused-ring (bicyclic) bond motifs is 1. The van der Waals surface area contributed by atoms with E-state index in [1.165, 1.54) is 12.1 Å². The lowest BCUT2D eigenvalue weighted by Crippen LogP contribution is -2.29. The number of amides is 3. The van der Waals surface area contributed by atoms with Gasteiger partial charge in [-0.2, -0.15) is 5.10 Å². The molecule has 8 heteroatoms. The van der Waals surface area contributed by atoms with Gasteiger partial charge in [0, 0.05) is 17.0 Å². The zero-order valence-electron chi connectivity index (χ0n) is 21.8. The van der Waals surface area contributed by atoms with Gasteiger partial charge in [-0.05, 0) is 70.2 Å². The van der Waals surface area contributed by atoms with Crippen LogP contribution in [-0.2, 0) is 11.0 Å². The van der Waals surface area contributed by atoms with Crippen LogP contribution in [0.1, 0.15) is 85.2 Å². The van der Waals surface area contributed by atoms with Crippen LogP contribution >= 0.6 is 0 Å². The maximum absolute atomic E-state index is 13.2. The largest absolute Gasteiger partial charge is 0.494 e. The van der Waals surface area contributed by atoms with E-state index in [9.17, 15) is 14.4 Å². The summed E-state index contributed by atoms with van der Waals surface area (Å²) in [6, 6.07) is 13.2. The van der Waals surface area contributed by atoms with Crippen LogP contribution in [0.4, 0.5) is 11.5 Å². The molecule has 0 radical (unpaired) electrons. The third-order valence-corrected chi connectivity index (χ3v) is 5.91. The van der Waals surface area contributed by atoms with Gasteiger partial charge in [0.2, 0.25) is 0 Å². The molecule has 1 aromatic heterocycles. The molecule has 0 saturated heterocycles. The molecule has 0 fully saturated rings. The molecular formula is C28H32N4O4. The van der Waals surface area contributed by atoms with Crippen molar-refractivity contribution in [2.24, 2.45) is 0 Å². The van der Waals surface area contributed by atoms with Crippen molar-refractivity contribution in [3.63, 3.8) is 0 Å². The van der Waals surface area contributed by atoms with Crippen molar-refractivity contribution in [1.82, 2.24) is 9.78 Å². The highest BCUT2D eigenvalue weighted by molar-refractivity contribution is 6.34. The molecule has 1 aliphatic rings. The van der Waals surface area contributed by atoms with E-state index in [-0.39, 0.29) is 33.6 Å². The summed E-state index contributed by atoms with van der Waals surface area (Å²) in [5.74, 6) is -0.0593. The number of nitrogens with one attached hydrogen (secondary N) is 1. The Hall–Kier alpha value is -3.94. The number of hydrogen-bond acceptors (Lipinski definition) is 5. The Balaban J connectivity index is 1.62. The Bertz CT molecular complexity index is 1340. The fourth-order valence-corrected chi connectivity index (χ4v) is 4.01. The molecule has 3 amide bonds. The fourth-order valence-electron chi connectivity index (χ4n) is 4.01. The van der Waals surface area contributed by atoms with Gasteiger partial charge < -0.3 is 10.1 Å². The monoisotopic (exact) mass is 488 g/mol. The molecule has 2 aromatic carbocycles. The van der Waals surface area contributed by atoms with E-state index in [1.807, 2.05) is 33.8 Å².